The number of anilines is 2. The van der Waals surface area contributed by atoms with E-state index in [0.717, 1.165) is 83.1 Å². The smallest absolute Gasteiger partial charge is 0.249 e. The lowest BCUT2D eigenvalue weighted by Crippen LogP contribution is -2.54. The number of hydrogen-bond donors (Lipinski definition) is 4. The maximum absolute atomic E-state index is 14.2. The van der Waals surface area contributed by atoms with E-state index in [1.807, 2.05) is 97.0 Å². The number of likely N-dealkylation sites (N-methyl/N-ethyl adjacent to an activating group) is 1. The molecule has 3 aliphatic rings. The molecule has 0 aliphatic carbocycles. The van der Waals surface area contributed by atoms with E-state index >= 15 is 0 Å². The molecule has 4 atom stereocenters. The summed E-state index contributed by atoms with van der Waals surface area (Å²) in [4.78, 5) is 57.7. The number of allylic oxidation sites excluding steroid dienone is 1. The zero-order chi connectivity index (χ0) is 49.2. The van der Waals surface area contributed by atoms with Crippen LogP contribution < -0.4 is 25.6 Å². The van der Waals surface area contributed by atoms with Gasteiger partial charge in [-0.2, -0.15) is 0 Å². The Kier molecular flexibility index (Phi) is 16.9. The summed E-state index contributed by atoms with van der Waals surface area (Å²) in [5, 5.41) is 21.7. The second kappa shape index (κ2) is 23.0. The predicted octanol–water partition coefficient (Wildman–Crippen LogP) is 9.13. The molecule has 1 aromatic heterocycles. The summed E-state index contributed by atoms with van der Waals surface area (Å²) in [7, 11) is 0.509. The number of nitrogens with zero attached hydrogens (tertiary/aromatic N) is 4. The summed E-state index contributed by atoms with van der Waals surface area (Å²) in [5.41, 5.74) is 4.61. The molecule has 3 aliphatic heterocycles. The second-order valence-electron chi connectivity index (χ2n) is 18.0. The highest BCUT2D eigenvalue weighted by molar-refractivity contribution is 7.82. The maximum atomic E-state index is 14.2. The third kappa shape index (κ3) is 11.7. The fourth-order valence-corrected chi connectivity index (χ4v) is 12.5. The predicted molar refractivity (Wildman–Crippen MR) is 280 cm³/mol. The van der Waals surface area contributed by atoms with E-state index in [4.69, 9.17) is 21.3 Å². The molecule has 4 unspecified atom stereocenters. The summed E-state index contributed by atoms with van der Waals surface area (Å²) >= 11 is 7.95. The van der Waals surface area contributed by atoms with Crippen molar-refractivity contribution >= 4 is 92.6 Å². The molecule has 17 heteroatoms. The number of ether oxygens (including phenoxy) is 1. The van der Waals surface area contributed by atoms with Gasteiger partial charge in [0.15, 0.2) is 18.3 Å². The Hall–Kier alpha value is -6.07. The van der Waals surface area contributed by atoms with Crippen molar-refractivity contribution in [1.82, 2.24) is 19.8 Å². The fourth-order valence-electron chi connectivity index (χ4n) is 9.54. The number of nitrogens with one attached hydrogen (secondary N) is 3. The average molecular weight is 995 g/mol. The Bertz CT molecular complexity index is 2730. The van der Waals surface area contributed by atoms with Crippen molar-refractivity contribution < 1.29 is 33.2 Å². The lowest BCUT2D eigenvalue weighted by atomic mass is 9.86. The molecule has 364 valence electrons. The molecule has 4 aromatic rings. The van der Waals surface area contributed by atoms with Crippen LogP contribution >= 0.6 is 22.9 Å². The molecule has 1 fully saturated rings. The number of aliphatic hydroxyl groups is 1. The van der Waals surface area contributed by atoms with Crippen LogP contribution in [0.4, 0.5) is 11.4 Å². The maximum Gasteiger partial charge on any atom is 0.249 e. The SMILES string of the molecule is C=C(O)c1sc(-c2cccc(NC3CCN(S(=O)CC4=CC5=NCCC(c6ccc(N(C)C(CCC)C(=O)NC=O)c7c(C=O)cccc67)CCN/C=C/N5C=C4)C(C)(C)C3)c2)c(Cl)c1OCC=O. The van der Waals surface area contributed by atoms with Gasteiger partial charge in [0.25, 0.3) is 0 Å². The third-order valence-electron chi connectivity index (χ3n) is 12.8. The molecule has 2 amide bonds. The molecule has 1 saturated heterocycles. The van der Waals surface area contributed by atoms with Crippen molar-refractivity contribution in [2.45, 2.75) is 82.8 Å². The van der Waals surface area contributed by atoms with Crippen molar-refractivity contribution in [2.24, 2.45) is 4.99 Å². The van der Waals surface area contributed by atoms with Crippen molar-refractivity contribution in [1.29, 1.82) is 0 Å². The lowest BCUT2D eigenvalue weighted by molar-refractivity contribution is -0.126. The average Bonchev–Trinajstić information content (AvgIpc) is 3.64. The number of hydrogen-bond acceptors (Lipinski definition) is 13. The van der Waals surface area contributed by atoms with Gasteiger partial charge in [0.05, 0.1) is 21.6 Å². The van der Waals surface area contributed by atoms with E-state index in [1.165, 1.54) is 11.3 Å². The highest BCUT2D eigenvalue weighted by atomic mass is 35.5. The number of benzene rings is 3. The molecule has 0 bridgehead atoms. The van der Waals surface area contributed by atoms with Crippen LogP contribution in [0, 0.1) is 0 Å². The number of aldehydes is 2. The fraction of sp³-hybridized carbons (Fsp3) is 0.365. The van der Waals surface area contributed by atoms with Gasteiger partial charge in [-0.15, -0.1) is 11.3 Å². The van der Waals surface area contributed by atoms with Crippen LogP contribution in [-0.2, 0) is 25.4 Å². The Morgan fingerprint density at radius 1 is 1.14 bits per heavy atom. The molecule has 0 saturated carbocycles. The van der Waals surface area contributed by atoms with Crippen LogP contribution in [0.15, 0.2) is 102 Å². The van der Waals surface area contributed by atoms with Gasteiger partial charge < -0.3 is 30.3 Å². The Balaban J connectivity index is 1.04. The highest BCUT2D eigenvalue weighted by Gasteiger charge is 2.38. The molecule has 0 radical (unpaired) electrons. The molecular weight excluding hydrogens is 934 g/mol. The van der Waals surface area contributed by atoms with Crippen LogP contribution in [0.1, 0.15) is 86.0 Å². The van der Waals surface area contributed by atoms with Gasteiger partial charge >= 0.3 is 0 Å². The molecule has 69 heavy (non-hydrogen) atoms. The van der Waals surface area contributed by atoms with Crippen LogP contribution in [0.2, 0.25) is 5.02 Å². The number of imide groups is 1. The molecule has 4 heterocycles. The minimum Gasteiger partial charge on any atom is -0.507 e. The number of halogens is 1. The number of fused-ring (bicyclic) bond motifs is 2. The minimum atomic E-state index is -1.32. The standard InChI is InChI=1S/C52H60ClN7O7S2/c1-6-9-44(51(65)56-33-63)58(5)43-15-14-41(42-13-8-11-38(31-62)46(42)43)36-16-20-54-22-25-59-23-18-35(28-45(59)55-21-17-36)32-69(66)60-24-19-40(30-52(60,3)4)57-39-12-7-10-37(29-39)50-47(53)48(67-27-26-61)49(68-50)34(2)64/h7-8,10-15,18,22-23,25-26,28-29,31,33,36,40,44,54,57,64H,2,6,9,16-17,19-21,24,27,30,32H2,1,3-5H3,(H,56,63,65)/b25-22+,55-45?. The van der Waals surface area contributed by atoms with Gasteiger partial charge in [-0.3, -0.25) is 29.5 Å². The summed E-state index contributed by atoms with van der Waals surface area (Å²) < 4.78 is 21.9. The van der Waals surface area contributed by atoms with Crippen molar-refractivity contribution in [2.75, 3.05) is 49.3 Å². The summed E-state index contributed by atoms with van der Waals surface area (Å²) in [5.74, 6) is 0.817. The molecule has 14 nitrogen and oxygen atoms in total. The molecule has 3 aromatic carbocycles. The first-order chi connectivity index (χ1) is 33.3. The van der Waals surface area contributed by atoms with Crippen molar-refractivity contribution in [3.63, 3.8) is 0 Å². The van der Waals surface area contributed by atoms with E-state index in [2.05, 4.69) is 46.7 Å². The van der Waals surface area contributed by atoms with Gasteiger partial charge in [-0.25, -0.2) is 8.51 Å². The number of carbonyl (C=O) groups is 4. The highest BCUT2D eigenvalue weighted by Crippen LogP contribution is 2.48. The first kappa shape index (κ1) is 50.8. The largest absolute Gasteiger partial charge is 0.507 e. The number of amides is 2. The van der Waals surface area contributed by atoms with Gasteiger partial charge in [0.2, 0.25) is 12.3 Å². The minimum absolute atomic E-state index is 0.0812. The third-order valence-corrected chi connectivity index (χ3v) is 16.3. The normalized spacial score (nSPS) is 19.6. The van der Waals surface area contributed by atoms with Crippen LogP contribution in [-0.4, -0.2) is 106 Å². The van der Waals surface area contributed by atoms with Gasteiger partial charge in [-0.05, 0) is 104 Å². The first-order valence-corrected chi connectivity index (χ1v) is 25.6. The van der Waals surface area contributed by atoms with Crippen molar-refractivity contribution in [3.05, 3.63) is 119 Å². The second-order valence-corrected chi connectivity index (χ2v) is 20.7. The monoisotopic (exact) mass is 993 g/mol. The number of amidine groups is 1. The van der Waals surface area contributed by atoms with Crippen LogP contribution in [0.25, 0.3) is 27.0 Å². The summed E-state index contributed by atoms with van der Waals surface area (Å²) in [6, 6.07) is 17.2. The van der Waals surface area contributed by atoms with E-state index in [-0.39, 0.29) is 35.6 Å². The van der Waals surface area contributed by atoms with E-state index < -0.39 is 22.9 Å². The zero-order valence-corrected chi connectivity index (χ0v) is 41.8. The van der Waals surface area contributed by atoms with Gasteiger partial charge in [0, 0.05) is 79.2 Å². The first-order valence-electron chi connectivity index (χ1n) is 23.2. The molecule has 4 N–H and O–H groups in total. The zero-order valence-electron chi connectivity index (χ0n) is 39.4. The topological polar surface area (TPSA) is 173 Å². The van der Waals surface area contributed by atoms with Crippen molar-refractivity contribution in [3.8, 4) is 16.2 Å². The number of piperidine rings is 1. The molecule has 0 spiro atoms. The summed E-state index contributed by atoms with van der Waals surface area (Å²) in [6.45, 7) is 11.5. The number of rotatable bonds is 18. The van der Waals surface area contributed by atoms with Crippen LogP contribution in [0.3, 0.4) is 0 Å². The lowest BCUT2D eigenvalue weighted by Gasteiger charge is -2.45. The van der Waals surface area contributed by atoms with E-state index in [0.29, 0.717) is 64.8 Å². The number of aliphatic imine (C=N–C) groups is 1. The van der Waals surface area contributed by atoms with Crippen LogP contribution in [0.5, 0.6) is 5.75 Å². The number of thiophene rings is 1. The Morgan fingerprint density at radius 3 is 2.70 bits per heavy atom. The van der Waals surface area contributed by atoms with Gasteiger partial charge in [-0.1, -0.05) is 67.9 Å². The summed E-state index contributed by atoms with van der Waals surface area (Å²) in [6.07, 6.45) is 16.0. The molecule has 7 rings (SSSR count). The Morgan fingerprint density at radius 2 is 1.96 bits per heavy atom. The van der Waals surface area contributed by atoms with Gasteiger partial charge in [0.1, 0.15) is 34.1 Å². The number of aliphatic hydroxyl groups excluding tert-OH is 1. The Labute approximate surface area is 415 Å². The number of carbonyl (C=O) groups excluding carboxylic acids is 4. The quantitative estimate of drug-likeness (QED) is 0.0553. The molecular formula is C52H60ClN7O7S2. The van der Waals surface area contributed by atoms with E-state index in [1.54, 1.807) is 6.07 Å². The van der Waals surface area contributed by atoms with E-state index in [9.17, 15) is 28.5 Å².